The van der Waals surface area contributed by atoms with Crippen molar-refractivity contribution in [1.29, 1.82) is 0 Å². The molecule has 12 heteroatoms. The molecule has 0 aromatic heterocycles. The van der Waals surface area contributed by atoms with E-state index in [1.165, 1.54) is 0 Å². The molecule has 3 aliphatic carbocycles. The van der Waals surface area contributed by atoms with Gasteiger partial charge < -0.3 is 43.9 Å². The molecule has 3 rings (SSSR count). The average Bonchev–Trinajstić information content (AvgIpc) is 2.93. The van der Waals surface area contributed by atoms with E-state index in [0.717, 1.165) is 0 Å². The van der Waals surface area contributed by atoms with Gasteiger partial charge in [-0.1, -0.05) is 38.5 Å². The van der Waals surface area contributed by atoms with Crippen LogP contribution in [0.1, 0.15) is 77.0 Å². The van der Waals surface area contributed by atoms with Gasteiger partial charge in [-0.05, 0) is 38.5 Å². The Morgan fingerprint density at radius 2 is 0.769 bits per heavy atom. The summed E-state index contributed by atoms with van der Waals surface area (Å²) >= 11 is 0. The van der Waals surface area contributed by atoms with Gasteiger partial charge in [0.25, 0.3) is 0 Å². The quantitative estimate of drug-likeness (QED) is 0.216. The van der Waals surface area contributed by atoms with E-state index in [2.05, 4.69) is 0 Å². The van der Waals surface area contributed by atoms with Gasteiger partial charge in [-0.25, -0.2) is 0 Å². The highest BCUT2D eigenvalue weighted by molar-refractivity contribution is 5.82. The average molecular weight is 552 g/mol. The molecule has 0 aromatic rings. The third-order valence-electron chi connectivity index (χ3n) is 8.22. The second-order valence-electron chi connectivity index (χ2n) is 10.8. The lowest BCUT2D eigenvalue weighted by molar-refractivity contribution is -0.315. The fourth-order valence-corrected chi connectivity index (χ4v) is 6.02. The molecule has 0 amide bonds. The summed E-state index contributed by atoms with van der Waals surface area (Å²) in [6, 6.07) is 0. The number of ether oxygens (including phenoxy) is 3. The summed E-state index contributed by atoms with van der Waals surface area (Å²) in [5.41, 5.74) is 0. The number of carbonyl (C=O) groups is 6. The van der Waals surface area contributed by atoms with Crippen molar-refractivity contribution in [3.05, 3.63) is 0 Å². The molecule has 0 aromatic carbocycles. The second-order valence-corrected chi connectivity index (χ2v) is 10.8. The molecule has 0 spiro atoms. The Balaban J connectivity index is 1.68. The summed E-state index contributed by atoms with van der Waals surface area (Å²) in [4.78, 5) is 72.9. The van der Waals surface area contributed by atoms with Crippen molar-refractivity contribution in [1.82, 2.24) is 0 Å². The molecule has 0 saturated heterocycles. The summed E-state index contributed by atoms with van der Waals surface area (Å²) in [7, 11) is 0. The molecular formula is C27H35O12-3. The largest absolute Gasteiger partial charge is 0.550 e. The molecule has 3 fully saturated rings. The van der Waals surface area contributed by atoms with Crippen LogP contribution in [-0.2, 0) is 43.0 Å². The molecule has 218 valence electrons. The van der Waals surface area contributed by atoms with Gasteiger partial charge in [0.2, 0.25) is 0 Å². The second kappa shape index (κ2) is 14.3. The Labute approximate surface area is 226 Å². The molecule has 0 radical (unpaired) electrons. The monoisotopic (exact) mass is 551 g/mol. The lowest BCUT2D eigenvalue weighted by Crippen LogP contribution is -2.44. The van der Waals surface area contributed by atoms with Crippen LogP contribution in [0.5, 0.6) is 0 Å². The van der Waals surface area contributed by atoms with Gasteiger partial charge >= 0.3 is 17.9 Å². The third-order valence-corrected chi connectivity index (χ3v) is 8.22. The maximum Gasteiger partial charge on any atom is 0.310 e. The molecule has 12 nitrogen and oxygen atoms in total. The Morgan fingerprint density at radius 1 is 0.487 bits per heavy atom. The molecule has 3 saturated carbocycles. The van der Waals surface area contributed by atoms with Crippen molar-refractivity contribution < 1.29 is 58.3 Å². The maximum absolute atomic E-state index is 12.9. The molecular weight excluding hydrogens is 516 g/mol. The number of hydrogen-bond acceptors (Lipinski definition) is 12. The van der Waals surface area contributed by atoms with Crippen LogP contribution in [0.15, 0.2) is 0 Å². The summed E-state index contributed by atoms with van der Waals surface area (Å²) in [6.45, 7) is -1.13. The number of rotatable bonds is 11. The minimum absolute atomic E-state index is 0.245. The van der Waals surface area contributed by atoms with Crippen LogP contribution < -0.4 is 15.3 Å². The van der Waals surface area contributed by atoms with Crippen LogP contribution in [0.25, 0.3) is 0 Å². The van der Waals surface area contributed by atoms with Crippen LogP contribution in [0, 0.1) is 35.5 Å². The summed E-state index contributed by atoms with van der Waals surface area (Å²) in [5.74, 6) is -12.5. The highest BCUT2D eigenvalue weighted by Gasteiger charge is 2.38. The molecule has 0 bridgehead atoms. The van der Waals surface area contributed by atoms with E-state index in [0.29, 0.717) is 51.4 Å². The van der Waals surface area contributed by atoms with Crippen LogP contribution in [0.2, 0.25) is 0 Å². The first kappa shape index (κ1) is 30.4. The van der Waals surface area contributed by atoms with Gasteiger partial charge in [0.15, 0.2) is 6.10 Å². The van der Waals surface area contributed by atoms with Crippen molar-refractivity contribution in [2.75, 3.05) is 13.2 Å². The van der Waals surface area contributed by atoms with Gasteiger partial charge in [0, 0.05) is 35.7 Å². The number of carboxylic acid groups (broad SMARTS) is 3. The van der Waals surface area contributed by atoms with Crippen molar-refractivity contribution in [3.8, 4) is 0 Å². The topological polar surface area (TPSA) is 199 Å². The van der Waals surface area contributed by atoms with Gasteiger partial charge in [-0.2, -0.15) is 0 Å². The van der Waals surface area contributed by atoms with E-state index in [-0.39, 0.29) is 25.7 Å². The molecule has 6 unspecified atom stereocenters. The zero-order chi connectivity index (χ0) is 28.5. The van der Waals surface area contributed by atoms with E-state index in [4.69, 9.17) is 14.2 Å². The minimum Gasteiger partial charge on any atom is -0.550 e. The molecule has 0 aliphatic heterocycles. The lowest BCUT2D eigenvalue weighted by atomic mass is 9.79. The zero-order valence-corrected chi connectivity index (χ0v) is 21.8. The van der Waals surface area contributed by atoms with Crippen LogP contribution in [0.3, 0.4) is 0 Å². The summed E-state index contributed by atoms with van der Waals surface area (Å²) in [6.07, 6.45) is 4.06. The molecule has 39 heavy (non-hydrogen) atoms. The molecule has 0 N–H and O–H groups in total. The first-order chi connectivity index (χ1) is 18.6. The van der Waals surface area contributed by atoms with E-state index >= 15 is 0 Å². The number of hydrogen-bond donors (Lipinski definition) is 0. The highest BCUT2D eigenvalue weighted by Crippen LogP contribution is 2.33. The SMILES string of the molecule is O=C([O-])C1CCCCC1C(=O)OCC(COC(=O)C1CCCCC1C(=O)[O-])OC(=O)C1CCCCC1C(=O)[O-]. The minimum atomic E-state index is -1.37. The fourth-order valence-electron chi connectivity index (χ4n) is 6.02. The number of aliphatic carboxylic acids is 3. The van der Waals surface area contributed by atoms with E-state index in [1.807, 2.05) is 0 Å². The number of carboxylic acids is 3. The normalized spacial score (nSPS) is 29.8. The Bertz CT molecular complexity index is 880. The van der Waals surface area contributed by atoms with E-state index in [1.54, 1.807) is 0 Å². The van der Waals surface area contributed by atoms with Gasteiger partial charge in [-0.3, -0.25) is 14.4 Å². The number of carbonyl (C=O) groups excluding carboxylic acids is 6. The molecule has 3 aliphatic rings. The van der Waals surface area contributed by atoms with E-state index < -0.39 is 90.6 Å². The smallest absolute Gasteiger partial charge is 0.310 e. The number of esters is 3. The zero-order valence-electron chi connectivity index (χ0n) is 21.8. The van der Waals surface area contributed by atoms with Gasteiger partial charge in [0.1, 0.15) is 13.2 Å². The van der Waals surface area contributed by atoms with Gasteiger partial charge in [-0.15, -0.1) is 0 Å². The Kier molecular flexibility index (Phi) is 11.1. The van der Waals surface area contributed by atoms with E-state index in [9.17, 15) is 44.1 Å². The van der Waals surface area contributed by atoms with Crippen molar-refractivity contribution in [3.63, 3.8) is 0 Å². The van der Waals surface area contributed by atoms with Crippen molar-refractivity contribution >= 4 is 35.8 Å². The maximum atomic E-state index is 12.9. The fraction of sp³-hybridized carbons (Fsp3) is 0.778. The third kappa shape index (κ3) is 8.15. The highest BCUT2D eigenvalue weighted by atomic mass is 16.6. The van der Waals surface area contributed by atoms with Crippen LogP contribution in [0.4, 0.5) is 0 Å². The van der Waals surface area contributed by atoms with Gasteiger partial charge in [0.05, 0.1) is 17.8 Å². The summed E-state index contributed by atoms with van der Waals surface area (Å²) in [5, 5.41) is 34.5. The summed E-state index contributed by atoms with van der Waals surface area (Å²) < 4.78 is 16.0. The lowest BCUT2D eigenvalue weighted by Gasteiger charge is -2.33. The van der Waals surface area contributed by atoms with Crippen LogP contribution >= 0.6 is 0 Å². The van der Waals surface area contributed by atoms with Crippen molar-refractivity contribution in [2.45, 2.75) is 83.2 Å². The standard InChI is InChI=1S/C27H38O12/c28-22(29)16-7-1-4-10-19(16)25(34)37-13-15(39-27(36)21-12-6-3-9-18(21)24(32)33)14-38-26(35)20-11-5-2-8-17(20)23(30)31/h15-21H,1-14H2,(H,28,29)(H,30,31)(H,32,33)/p-3. The first-order valence-corrected chi connectivity index (χ1v) is 13.8. The van der Waals surface area contributed by atoms with Crippen LogP contribution in [-0.4, -0.2) is 55.1 Å². The Morgan fingerprint density at radius 3 is 1.08 bits per heavy atom. The molecule has 6 atom stereocenters. The Hall–Kier alpha value is -3.18. The predicted octanol–water partition coefficient (Wildman–Crippen LogP) is -1.35. The van der Waals surface area contributed by atoms with Crippen molar-refractivity contribution in [2.24, 2.45) is 35.5 Å². The molecule has 0 heterocycles. The predicted molar refractivity (Wildman–Crippen MR) is 123 cm³/mol. The first-order valence-electron chi connectivity index (χ1n) is 13.8.